The smallest absolute Gasteiger partial charge is 0.330 e. The summed E-state index contributed by atoms with van der Waals surface area (Å²) in [6, 6.07) is 10.3. The summed E-state index contributed by atoms with van der Waals surface area (Å²) in [7, 11) is 0. The highest BCUT2D eigenvalue weighted by molar-refractivity contribution is 6.39. The van der Waals surface area contributed by atoms with Crippen molar-refractivity contribution in [1.82, 2.24) is 0 Å². The van der Waals surface area contributed by atoms with Crippen LogP contribution in [-0.2, 0) is 4.79 Å². The fourth-order valence-electron chi connectivity index (χ4n) is 1.78. The number of aromatic hydroxyl groups is 1. The van der Waals surface area contributed by atoms with Gasteiger partial charge >= 0.3 is 5.97 Å². The lowest BCUT2D eigenvalue weighted by Crippen LogP contribution is -2.20. The number of hydrogen-bond donors (Lipinski definition) is 3. The normalized spacial score (nSPS) is 11.9. The Kier molecular flexibility index (Phi) is 4.37. The average molecular weight is 312 g/mol. The van der Waals surface area contributed by atoms with E-state index >= 15 is 0 Å². The summed E-state index contributed by atoms with van der Waals surface area (Å²) < 4.78 is 0. The monoisotopic (exact) mass is 311 g/mol. The molecule has 1 atom stereocenters. The molecular weight excluding hydrogens is 301 g/mol. The van der Waals surface area contributed by atoms with Crippen LogP contribution in [0.15, 0.2) is 42.5 Å². The summed E-state index contributed by atoms with van der Waals surface area (Å²) in [5, 5.41) is 21.8. The fraction of sp³-hybridized carbons (Fsp3) is 0.0714. The molecule has 6 heteroatoms. The Morgan fingerprint density at radius 2 is 1.65 bits per heavy atom. The number of hydrogen-bond acceptors (Lipinski definition) is 3. The maximum Gasteiger partial charge on any atom is 0.330 e. The van der Waals surface area contributed by atoms with Gasteiger partial charge in [0.1, 0.15) is 5.75 Å². The molecule has 2 aromatic carbocycles. The van der Waals surface area contributed by atoms with E-state index in [1.807, 2.05) is 0 Å². The van der Waals surface area contributed by atoms with Crippen molar-refractivity contribution in [3.63, 3.8) is 0 Å². The van der Waals surface area contributed by atoms with Crippen LogP contribution in [0, 0.1) is 0 Å². The molecule has 0 aliphatic carbocycles. The van der Waals surface area contributed by atoms with Crippen LogP contribution in [0.2, 0.25) is 10.0 Å². The van der Waals surface area contributed by atoms with E-state index in [0.29, 0.717) is 5.56 Å². The second-order valence-corrected chi connectivity index (χ2v) is 4.93. The highest BCUT2D eigenvalue weighted by Gasteiger charge is 2.21. The molecule has 20 heavy (non-hydrogen) atoms. The highest BCUT2D eigenvalue weighted by Crippen LogP contribution is 2.36. The first-order chi connectivity index (χ1) is 9.49. The number of halogens is 2. The van der Waals surface area contributed by atoms with Crippen LogP contribution < -0.4 is 5.32 Å². The number of phenols is 1. The Balaban J connectivity index is 2.38. The van der Waals surface area contributed by atoms with Crippen LogP contribution in [0.4, 0.5) is 5.69 Å². The van der Waals surface area contributed by atoms with E-state index in [4.69, 9.17) is 23.2 Å². The maximum atomic E-state index is 11.4. The molecule has 0 aliphatic rings. The Labute approximate surface area is 125 Å². The van der Waals surface area contributed by atoms with Gasteiger partial charge in [0, 0.05) is 12.1 Å². The predicted molar refractivity (Wildman–Crippen MR) is 78.6 cm³/mol. The van der Waals surface area contributed by atoms with E-state index in [1.54, 1.807) is 30.3 Å². The van der Waals surface area contributed by atoms with E-state index in [1.165, 1.54) is 12.1 Å². The minimum absolute atomic E-state index is 0.0860. The van der Waals surface area contributed by atoms with Gasteiger partial charge in [-0.3, -0.25) is 0 Å². The van der Waals surface area contributed by atoms with E-state index in [2.05, 4.69) is 5.32 Å². The van der Waals surface area contributed by atoms with Crippen LogP contribution in [-0.4, -0.2) is 16.2 Å². The summed E-state index contributed by atoms with van der Waals surface area (Å²) >= 11 is 11.9. The second-order valence-electron chi connectivity index (χ2n) is 4.11. The van der Waals surface area contributed by atoms with Gasteiger partial charge in [-0.15, -0.1) is 0 Å². The maximum absolute atomic E-state index is 11.4. The first-order valence-corrected chi connectivity index (χ1v) is 6.47. The quantitative estimate of drug-likeness (QED) is 0.748. The Morgan fingerprint density at radius 3 is 2.15 bits per heavy atom. The van der Waals surface area contributed by atoms with Crippen molar-refractivity contribution in [2.45, 2.75) is 6.04 Å². The summed E-state index contributed by atoms with van der Waals surface area (Å²) in [6.45, 7) is 0. The van der Waals surface area contributed by atoms with Crippen molar-refractivity contribution in [3.05, 3.63) is 58.1 Å². The molecule has 0 spiro atoms. The predicted octanol–water partition coefficient (Wildman–Crippen LogP) is 3.94. The number of rotatable bonds is 4. The topological polar surface area (TPSA) is 69.6 Å². The largest absolute Gasteiger partial charge is 0.508 e. The standard InChI is InChI=1S/C14H11Cl2NO3/c15-10-6-9(18)7-11(16)13(10)17-12(14(19)20)8-4-2-1-3-5-8/h1-7,12,17-18H,(H,19,20). The SMILES string of the molecule is O=C(O)C(Nc1c(Cl)cc(O)cc1Cl)c1ccccc1. The van der Waals surface area contributed by atoms with Crippen molar-refractivity contribution < 1.29 is 15.0 Å². The number of benzene rings is 2. The zero-order valence-electron chi connectivity index (χ0n) is 10.2. The van der Waals surface area contributed by atoms with E-state index < -0.39 is 12.0 Å². The summed E-state index contributed by atoms with van der Waals surface area (Å²) in [6.07, 6.45) is 0. The van der Waals surface area contributed by atoms with Gasteiger partial charge < -0.3 is 15.5 Å². The van der Waals surface area contributed by atoms with Crippen molar-refractivity contribution >= 4 is 34.9 Å². The number of nitrogens with one attached hydrogen (secondary N) is 1. The minimum Gasteiger partial charge on any atom is -0.508 e. The van der Waals surface area contributed by atoms with Crippen molar-refractivity contribution in [3.8, 4) is 5.75 Å². The van der Waals surface area contributed by atoms with Gasteiger partial charge in [0.05, 0.1) is 15.7 Å². The molecule has 2 rings (SSSR count). The van der Waals surface area contributed by atoms with Crippen LogP contribution in [0.25, 0.3) is 0 Å². The van der Waals surface area contributed by atoms with E-state index in [-0.39, 0.29) is 21.5 Å². The zero-order valence-corrected chi connectivity index (χ0v) is 11.7. The number of carboxylic acid groups (broad SMARTS) is 1. The lowest BCUT2D eigenvalue weighted by Gasteiger charge is -2.18. The average Bonchev–Trinajstić information content (AvgIpc) is 2.38. The van der Waals surface area contributed by atoms with Crippen molar-refractivity contribution in [2.75, 3.05) is 5.32 Å². The van der Waals surface area contributed by atoms with Gasteiger partial charge in [-0.2, -0.15) is 0 Å². The summed E-state index contributed by atoms with van der Waals surface area (Å²) in [4.78, 5) is 11.4. The van der Waals surface area contributed by atoms with Gasteiger partial charge in [0.15, 0.2) is 6.04 Å². The number of carboxylic acids is 1. The summed E-state index contributed by atoms with van der Waals surface area (Å²) in [5.41, 5.74) is 0.836. The van der Waals surface area contributed by atoms with Gasteiger partial charge in [-0.1, -0.05) is 53.5 Å². The molecule has 0 heterocycles. The Hall–Kier alpha value is -1.91. The molecule has 0 saturated heterocycles. The third-order valence-corrected chi connectivity index (χ3v) is 3.29. The Morgan fingerprint density at radius 1 is 1.10 bits per heavy atom. The lowest BCUT2D eigenvalue weighted by atomic mass is 10.1. The molecule has 0 radical (unpaired) electrons. The van der Waals surface area contributed by atoms with E-state index in [9.17, 15) is 15.0 Å². The second kappa shape index (κ2) is 6.03. The third-order valence-electron chi connectivity index (χ3n) is 2.70. The van der Waals surface area contributed by atoms with Crippen molar-refractivity contribution in [1.29, 1.82) is 0 Å². The zero-order chi connectivity index (χ0) is 14.7. The molecule has 104 valence electrons. The van der Waals surface area contributed by atoms with Gasteiger partial charge in [-0.05, 0) is 5.56 Å². The molecule has 0 saturated carbocycles. The van der Waals surface area contributed by atoms with Gasteiger partial charge in [-0.25, -0.2) is 4.79 Å². The minimum atomic E-state index is -1.06. The Bertz CT molecular complexity index is 609. The molecule has 0 fully saturated rings. The molecule has 3 N–H and O–H groups in total. The van der Waals surface area contributed by atoms with E-state index in [0.717, 1.165) is 0 Å². The molecule has 2 aromatic rings. The summed E-state index contributed by atoms with van der Waals surface area (Å²) in [5.74, 6) is -1.14. The van der Waals surface area contributed by atoms with Gasteiger partial charge in [0.2, 0.25) is 0 Å². The molecule has 0 bridgehead atoms. The fourth-order valence-corrected chi connectivity index (χ4v) is 2.36. The number of carbonyl (C=O) groups is 1. The van der Waals surface area contributed by atoms with Crippen LogP contribution in [0.3, 0.4) is 0 Å². The molecule has 0 aliphatic heterocycles. The molecule has 0 amide bonds. The molecule has 1 unspecified atom stereocenters. The third kappa shape index (κ3) is 3.15. The number of anilines is 1. The van der Waals surface area contributed by atoms with Gasteiger partial charge in [0.25, 0.3) is 0 Å². The van der Waals surface area contributed by atoms with Crippen LogP contribution in [0.5, 0.6) is 5.75 Å². The molecular formula is C14H11Cl2NO3. The highest BCUT2D eigenvalue weighted by atomic mass is 35.5. The van der Waals surface area contributed by atoms with Crippen molar-refractivity contribution in [2.24, 2.45) is 0 Å². The number of phenolic OH excluding ortho intramolecular Hbond substituents is 1. The van der Waals surface area contributed by atoms with Crippen LogP contribution >= 0.6 is 23.2 Å². The molecule has 0 aromatic heterocycles. The first-order valence-electron chi connectivity index (χ1n) is 5.71. The molecule has 4 nitrogen and oxygen atoms in total. The van der Waals surface area contributed by atoms with Crippen LogP contribution in [0.1, 0.15) is 11.6 Å². The lowest BCUT2D eigenvalue weighted by molar-refractivity contribution is -0.138. The number of aliphatic carboxylic acids is 1. The first kappa shape index (κ1) is 14.5.